The van der Waals surface area contributed by atoms with Gasteiger partial charge in [-0.2, -0.15) is 0 Å². The summed E-state index contributed by atoms with van der Waals surface area (Å²) < 4.78 is 1.95. The average molecular weight is 418 g/mol. The molecule has 0 bridgehead atoms. The fourth-order valence-corrected chi connectivity index (χ4v) is 3.56. The van der Waals surface area contributed by atoms with Crippen LogP contribution in [0.2, 0.25) is 0 Å². The summed E-state index contributed by atoms with van der Waals surface area (Å²) in [6.07, 6.45) is 3.28. The number of carbonyl (C=O) groups excluding carboxylic acids is 1. The standard InChI is InChI=1S/C23H27N7O/c1-2-24-23(26-16-21-28-27-17-30(21)19-7-4-3-5-8-19)25-15-18-10-12-20(13-11-18)29-14-6-9-22(29)31/h3-5,7-8,10-13,17H,2,6,9,14-16H2,1H3,(H2,24,25,26). The smallest absolute Gasteiger partial charge is 0.227 e. The van der Waals surface area contributed by atoms with E-state index in [1.165, 1.54) is 0 Å². The first-order valence-corrected chi connectivity index (χ1v) is 10.6. The molecule has 1 aliphatic rings. The zero-order valence-electron chi connectivity index (χ0n) is 17.7. The SMILES string of the molecule is CCNC(=NCc1ccc(N2CCCC2=O)cc1)NCc1nncn1-c1ccccc1. The van der Waals surface area contributed by atoms with Gasteiger partial charge in [-0.3, -0.25) is 9.36 Å². The van der Waals surface area contributed by atoms with Gasteiger partial charge in [0.25, 0.3) is 0 Å². The van der Waals surface area contributed by atoms with E-state index in [1.807, 2.05) is 71.0 Å². The first-order valence-electron chi connectivity index (χ1n) is 10.6. The van der Waals surface area contributed by atoms with E-state index in [0.29, 0.717) is 25.5 Å². The molecular weight excluding hydrogens is 390 g/mol. The van der Waals surface area contributed by atoms with E-state index >= 15 is 0 Å². The van der Waals surface area contributed by atoms with Gasteiger partial charge in [-0.15, -0.1) is 10.2 Å². The highest BCUT2D eigenvalue weighted by molar-refractivity contribution is 5.95. The maximum atomic E-state index is 11.9. The maximum absolute atomic E-state index is 11.9. The molecule has 3 aromatic rings. The van der Waals surface area contributed by atoms with E-state index in [9.17, 15) is 4.79 Å². The van der Waals surface area contributed by atoms with Crippen LogP contribution in [0.15, 0.2) is 65.9 Å². The highest BCUT2D eigenvalue weighted by Gasteiger charge is 2.21. The highest BCUT2D eigenvalue weighted by Crippen LogP contribution is 2.21. The minimum Gasteiger partial charge on any atom is -0.357 e. The Morgan fingerprint density at radius 3 is 2.58 bits per heavy atom. The molecule has 0 spiro atoms. The Balaban J connectivity index is 1.39. The molecule has 4 rings (SSSR count). The predicted molar refractivity (Wildman–Crippen MR) is 121 cm³/mol. The molecule has 2 heterocycles. The zero-order chi connectivity index (χ0) is 21.5. The molecule has 1 aliphatic heterocycles. The fraction of sp³-hybridized carbons (Fsp3) is 0.304. The lowest BCUT2D eigenvalue weighted by Crippen LogP contribution is -2.37. The third-order valence-corrected chi connectivity index (χ3v) is 5.15. The van der Waals surface area contributed by atoms with Crippen LogP contribution in [0.3, 0.4) is 0 Å². The van der Waals surface area contributed by atoms with Crippen molar-refractivity contribution in [2.75, 3.05) is 18.0 Å². The van der Waals surface area contributed by atoms with Crippen LogP contribution in [-0.4, -0.2) is 39.7 Å². The summed E-state index contributed by atoms with van der Waals surface area (Å²) in [4.78, 5) is 18.4. The number of rotatable bonds is 7. The van der Waals surface area contributed by atoms with Crippen molar-refractivity contribution in [3.8, 4) is 5.69 Å². The Kier molecular flexibility index (Phi) is 6.56. The number of hydrogen-bond donors (Lipinski definition) is 2. The molecule has 0 atom stereocenters. The van der Waals surface area contributed by atoms with Gasteiger partial charge >= 0.3 is 0 Å². The minimum absolute atomic E-state index is 0.202. The van der Waals surface area contributed by atoms with Crippen molar-refractivity contribution >= 4 is 17.6 Å². The monoisotopic (exact) mass is 417 g/mol. The Labute approximate surface area is 182 Å². The molecule has 0 aliphatic carbocycles. The second-order valence-electron chi connectivity index (χ2n) is 7.32. The fourth-order valence-electron chi connectivity index (χ4n) is 3.56. The van der Waals surface area contributed by atoms with Crippen LogP contribution < -0.4 is 15.5 Å². The van der Waals surface area contributed by atoms with Crippen LogP contribution in [0.4, 0.5) is 5.69 Å². The lowest BCUT2D eigenvalue weighted by molar-refractivity contribution is -0.117. The molecule has 1 aromatic heterocycles. The number of nitrogens with one attached hydrogen (secondary N) is 2. The molecule has 1 fully saturated rings. The zero-order valence-corrected chi connectivity index (χ0v) is 17.7. The summed E-state index contributed by atoms with van der Waals surface area (Å²) in [6.45, 7) is 4.63. The van der Waals surface area contributed by atoms with E-state index in [0.717, 1.165) is 42.3 Å². The number of benzene rings is 2. The molecule has 0 unspecified atom stereocenters. The van der Waals surface area contributed by atoms with E-state index in [2.05, 4.69) is 25.8 Å². The van der Waals surface area contributed by atoms with Gasteiger partial charge in [0, 0.05) is 30.9 Å². The molecule has 31 heavy (non-hydrogen) atoms. The van der Waals surface area contributed by atoms with Gasteiger partial charge in [0.1, 0.15) is 6.33 Å². The van der Waals surface area contributed by atoms with Crippen molar-refractivity contribution < 1.29 is 4.79 Å². The Morgan fingerprint density at radius 2 is 1.87 bits per heavy atom. The number of carbonyl (C=O) groups is 1. The van der Waals surface area contributed by atoms with Crippen molar-refractivity contribution in [1.82, 2.24) is 25.4 Å². The maximum Gasteiger partial charge on any atom is 0.227 e. The average Bonchev–Trinajstić information content (AvgIpc) is 3.45. The van der Waals surface area contributed by atoms with Crippen LogP contribution in [-0.2, 0) is 17.9 Å². The Morgan fingerprint density at radius 1 is 1.06 bits per heavy atom. The molecule has 2 N–H and O–H groups in total. The lowest BCUT2D eigenvalue weighted by Gasteiger charge is -2.16. The predicted octanol–water partition coefficient (Wildman–Crippen LogP) is 2.65. The quantitative estimate of drug-likeness (QED) is 0.456. The summed E-state index contributed by atoms with van der Waals surface area (Å²) >= 11 is 0. The number of guanidine groups is 1. The van der Waals surface area contributed by atoms with Gasteiger partial charge in [0.05, 0.1) is 13.1 Å². The number of nitrogens with zero attached hydrogens (tertiary/aromatic N) is 5. The number of hydrogen-bond acceptors (Lipinski definition) is 4. The third-order valence-electron chi connectivity index (χ3n) is 5.15. The van der Waals surface area contributed by atoms with Crippen molar-refractivity contribution in [3.63, 3.8) is 0 Å². The minimum atomic E-state index is 0.202. The Bertz CT molecular complexity index is 1030. The third kappa shape index (κ3) is 5.09. The molecule has 1 amide bonds. The summed E-state index contributed by atoms with van der Waals surface area (Å²) in [7, 11) is 0. The van der Waals surface area contributed by atoms with Gasteiger partial charge in [-0.1, -0.05) is 30.3 Å². The molecule has 1 saturated heterocycles. The molecule has 2 aromatic carbocycles. The van der Waals surface area contributed by atoms with E-state index in [1.54, 1.807) is 6.33 Å². The summed E-state index contributed by atoms with van der Waals surface area (Å²) in [6, 6.07) is 18.0. The van der Waals surface area contributed by atoms with E-state index in [4.69, 9.17) is 0 Å². The van der Waals surface area contributed by atoms with Gasteiger partial charge in [-0.25, -0.2) is 4.99 Å². The molecule has 160 valence electrons. The normalized spacial score (nSPS) is 14.2. The molecule has 0 radical (unpaired) electrons. The summed E-state index contributed by atoms with van der Waals surface area (Å²) in [5.41, 5.74) is 3.06. The Hall–Kier alpha value is -3.68. The van der Waals surface area contributed by atoms with Gasteiger partial charge in [0.15, 0.2) is 11.8 Å². The number of amides is 1. The van der Waals surface area contributed by atoms with Crippen molar-refractivity contribution in [2.24, 2.45) is 4.99 Å². The number of para-hydroxylation sites is 1. The molecular formula is C23H27N7O. The van der Waals surface area contributed by atoms with Gasteiger partial charge in [0.2, 0.25) is 5.91 Å². The highest BCUT2D eigenvalue weighted by atomic mass is 16.2. The lowest BCUT2D eigenvalue weighted by atomic mass is 10.2. The number of aliphatic imine (C=N–C) groups is 1. The van der Waals surface area contributed by atoms with Gasteiger partial charge < -0.3 is 15.5 Å². The van der Waals surface area contributed by atoms with E-state index < -0.39 is 0 Å². The van der Waals surface area contributed by atoms with E-state index in [-0.39, 0.29) is 5.91 Å². The molecule has 8 nitrogen and oxygen atoms in total. The second kappa shape index (κ2) is 9.88. The van der Waals surface area contributed by atoms with Crippen LogP contribution in [0.5, 0.6) is 0 Å². The van der Waals surface area contributed by atoms with Crippen molar-refractivity contribution in [2.45, 2.75) is 32.9 Å². The number of anilines is 1. The van der Waals surface area contributed by atoms with Crippen molar-refractivity contribution in [3.05, 3.63) is 72.3 Å². The summed E-state index contributed by atoms with van der Waals surface area (Å²) in [5, 5.41) is 14.9. The first kappa shape index (κ1) is 20.6. The second-order valence-corrected chi connectivity index (χ2v) is 7.32. The molecule has 8 heteroatoms. The topological polar surface area (TPSA) is 87.4 Å². The first-order chi connectivity index (χ1) is 15.2. The van der Waals surface area contributed by atoms with Crippen LogP contribution in [0.1, 0.15) is 31.2 Å². The molecule has 0 saturated carbocycles. The summed E-state index contributed by atoms with van der Waals surface area (Å²) in [5.74, 6) is 1.72. The largest absolute Gasteiger partial charge is 0.357 e. The van der Waals surface area contributed by atoms with Crippen LogP contribution >= 0.6 is 0 Å². The van der Waals surface area contributed by atoms with Crippen LogP contribution in [0, 0.1) is 0 Å². The number of aromatic nitrogens is 3. The van der Waals surface area contributed by atoms with Crippen molar-refractivity contribution in [1.29, 1.82) is 0 Å². The van der Waals surface area contributed by atoms with Gasteiger partial charge in [-0.05, 0) is 43.2 Å². The van der Waals surface area contributed by atoms with Crippen LogP contribution in [0.25, 0.3) is 5.69 Å².